The van der Waals surface area contributed by atoms with Crippen molar-refractivity contribution >= 4 is 23.1 Å². The molecule has 2 aliphatic heterocycles. The molecule has 0 saturated carbocycles. The molecule has 3 aromatic heterocycles. The number of morpholine rings is 1. The SMILES string of the molecule is CCOc1cc(C(=O)Nc2cc(C(F)(F)F)ccn2)cc(F)c1-c1nc(C2CCC3COCCN3C2)n2ccnc(N)c12. The van der Waals surface area contributed by atoms with Gasteiger partial charge in [-0.3, -0.25) is 14.1 Å². The maximum Gasteiger partial charge on any atom is 0.416 e. The molecule has 0 aliphatic carbocycles. The van der Waals surface area contributed by atoms with Gasteiger partial charge in [-0.2, -0.15) is 13.2 Å². The number of ether oxygens (including phenoxy) is 2. The zero-order valence-electron chi connectivity index (χ0n) is 23.2. The van der Waals surface area contributed by atoms with Crippen LogP contribution in [-0.4, -0.2) is 69.1 Å². The van der Waals surface area contributed by atoms with Crippen LogP contribution in [0.3, 0.4) is 0 Å². The van der Waals surface area contributed by atoms with E-state index in [1.54, 1.807) is 19.3 Å². The van der Waals surface area contributed by atoms with Crippen molar-refractivity contribution < 1.29 is 31.8 Å². The highest BCUT2D eigenvalue weighted by Gasteiger charge is 2.35. The Balaban J connectivity index is 1.38. The lowest BCUT2D eigenvalue weighted by Gasteiger charge is -2.41. The molecule has 0 bridgehead atoms. The molecule has 5 heterocycles. The number of alkyl halides is 3. The number of fused-ring (bicyclic) bond motifs is 2. The molecule has 2 atom stereocenters. The summed E-state index contributed by atoms with van der Waals surface area (Å²) in [5, 5.41) is 2.30. The van der Waals surface area contributed by atoms with Crippen LogP contribution in [0.4, 0.5) is 29.2 Å². The van der Waals surface area contributed by atoms with Gasteiger partial charge in [0.05, 0.1) is 30.9 Å². The van der Waals surface area contributed by atoms with Gasteiger partial charge in [0, 0.05) is 49.2 Å². The fraction of sp³-hybridized carbons (Fsp3) is 0.379. The number of hydrogen-bond acceptors (Lipinski definition) is 8. The third-order valence-electron chi connectivity index (χ3n) is 7.81. The molecule has 2 aliphatic rings. The van der Waals surface area contributed by atoms with E-state index in [0.29, 0.717) is 36.7 Å². The number of anilines is 2. The first-order chi connectivity index (χ1) is 20.6. The van der Waals surface area contributed by atoms with Crippen molar-refractivity contribution in [2.75, 3.05) is 44.0 Å². The number of hydrogen-bond donors (Lipinski definition) is 2. The van der Waals surface area contributed by atoms with Crippen LogP contribution in [0, 0.1) is 5.82 Å². The highest BCUT2D eigenvalue weighted by molar-refractivity contribution is 6.05. The Morgan fingerprint density at radius 3 is 2.84 bits per heavy atom. The number of imidazole rings is 1. The van der Waals surface area contributed by atoms with Crippen LogP contribution in [0.1, 0.15) is 47.4 Å². The average Bonchev–Trinajstić information content (AvgIpc) is 3.37. The second-order valence-electron chi connectivity index (χ2n) is 10.5. The van der Waals surface area contributed by atoms with E-state index < -0.39 is 23.5 Å². The van der Waals surface area contributed by atoms with Gasteiger partial charge in [-0.05, 0) is 44.0 Å². The minimum absolute atomic E-state index is 0.000831. The van der Waals surface area contributed by atoms with Gasteiger partial charge in [0.15, 0.2) is 0 Å². The first-order valence-electron chi connectivity index (χ1n) is 13.9. The molecule has 1 aromatic carbocycles. The standard InChI is InChI=1S/C29H29F4N7O3/c1-2-43-21-12-17(28(41)37-22-13-18(5-6-35-22)29(31,32)33)11-20(30)23(21)24-25-26(34)36-7-8-40(25)27(38-24)16-3-4-19-15-42-10-9-39(19)14-16/h5-8,11-13,16,19H,2-4,9-10,14-15H2,1H3,(H2,34,36)(H,35,37,41). The zero-order chi connectivity index (χ0) is 30.3. The van der Waals surface area contributed by atoms with Gasteiger partial charge in [0.1, 0.15) is 40.2 Å². The summed E-state index contributed by atoms with van der Waals surface area (Å²) in [6.45, 7) is 4.79. The molecule has 226 valence electrons. The number of piperidine rings is 1. The summed E-state index contributed by atoms with van der Waals surface area (Å²) in [6.07, 6.45) is 1.40. The lowest BCUT2D eigenvalue weighted by atomic mass is 9.91. The number of nitrogens with zero attached hydrogens (tertiary/aromatic N) is 5. The second kappa shape index (κ2) is 11.4. The van der Waals surface area contributed by atoms with Crippen LogP contribution >= 0.6 is 0 Å². The van der Waals surface area contributed by atoms with Crippen molar-refractivity contribution in [3.8, 4) is 17.0 Å². The van der Waals surface area contributed by atoms with Crippen LogP contribution < -0.4 is 15.8 Å². The van der Waals surface area contributed by atoms with Gasteiger partial charge in [-0.1, -0.05) is 0 Å². The van der Waals surface area contributed by atoms with Gasteiger partial charge in [-0.15, -0.1) is 0 Å². The maximum atomic E-state index is 16.0. The first kappa shape index (κ1) is 28.8. The quantitative estimate of drug-likeness (QED) is 0.305. The largest absolute Gasteiger partial charge is 0.493 e. The van der Waals surface area contributed by atoms with E-state index in [1.807, 2.05) is 4.40 Å². The fourth-order valence-electron chi connectivity index (χ4n) is 5.80. The Morgan fingerprint density at radius 2 is 2.05 bits per heavy atom. The first-order valence-corrected chi connectivity index (χ1v) is 13.9. The van der Waals surface area contributed by atoms with Crippen molar-refractivity contribution in [2.45, 2.75) is 37.9 Å². The molecule has 2 fully saturated rings. The molecule has 3 N–H and O–H groups in total. The van der Waals surface area contributed by atoms with E-state index in [4.69, 9.17) is 20.2 Å². The number of amides is 1. The molecule has 2 saturated heterocycles. The third-order valence-corrected chi connectivity index (χ3v) is 7.81. The summed E-state index contributed by atoms with van der Waals surface area (Å²) in [6, 6.07) is 4.14. The van der Waals surface area contributed by atoms with Crippen LogP contribution in [0.15, 0.2) is 42.9 Å². The number of aromatic nitrogens is 4. The summed E-state index contributed by atoms with van der Waals surface area (Å²) >= 11 is 0. The maximum absolute atomic E-state index is 16.0. The van der Waals surface area contributed by atoms with Crippen LogP contribution in [-0.2, 0) is 10.9 Å². The molecule has 6 rings (SSSR count). The molecule has 1 amide bonds. The van der Waals surface area contributed by atoms with Crippen molar-refractivity contribution in [2.24, 2.45) is 0 Å². The van der Waals surface area contributed by atoms with E-state index in [0.717, 1.165) is 44.3 Å². The van der Waals surface area contributed by atoms with Crippen molar-refractivity contribution in [3.63, 3.8) is 0 Å². The topological polar surface area (TPSA) is 120 Å². The molecule has 10 nitrogen and oxygen atoms in total. The van der Waals surface area contributed by atoms with Gasteiger partial charge < -0.3 is 20.5 Å². The summed E-state index contributed by atoms with van der Waals surface area (Å²) in [4.78, 5) is 28.3. The molecule has 43 heavy (non-hydrogen) atoms. The Bertz CT molecular complexity index is 1680. The Hall–Kier alpha value is -4.30. The number of rotatable bonds is 6. The normalized spacial score (nSPS) is 19.3. The van der Waals surface area contributed by atoms with Gasteiger partial charge in [0.25, 0.3) is 5.91 Å². The van der Waals surface area contributed by atoms with Crippen LogP contribution in [0.25, 0.3) is 16.8 Å². The van der Waals surface area contributed by atoms with Crippen molar-refractivity contribution in [1.82, 2.24) is 24.3 Å². The summed E-state index contributed by atoms with van der Waals surface area (Å²) in [5.41, 5.74) is 5.78. The molecular weight excluding hydrogens is 570 g/mol. The van der Waals surface area contributed by atoms with Gasteiger partial charge >= 0.3 is 6.18 Å². The number of nitrogens with two attached hydrogens (primary N) is 1. The van der Waals surface area contributed by atoms with Crippen molar-refractivity contribution in [3.05, 3.63) is 65.6 Å². The zero-order valence-corrected chi connectivity index (χ0v) is 23.2. The number of halogens is 4. The van der Waals surface area contributed by atoms with E-state index in [2.05, 4.69) is 20.2 Å². The predicted molar refractivity (Wildman–Crippen MR) is 149 cm³/mol. The van der Waals surface area contributed by atoms with Gasteiger partial charge in [-0.25, -0.2) is 19.3 Å². The Morgan fingerprint density at radius 1 is 1.21 bits per heavy atom. The van der Waals surface area contributed by atoms with E-state index >= 15 is 4.39 Å². The van der Waals surface area contributed by atoms with Gasteiger partial charge in [0.2, 0.25) is 0 Å². The number of nitrogen functional groups attached to an aromatic ring is 1. The smallest absolute Gasteiger partial charge is 0.416 e. The second-order valence-corrected chi connectivity index (χ2v) is 10.5. The molecule has 4 aromatic rings. The monoisotopic (exact) mass is 599 g/mol. The summed E-state index contributed by atoms with van der Waals surface area (Å²) in [5.74, 6) is -1.09. The third kappa shape index (κ3) is 5.59. The summed E-state index contributed by atoms with van der Waals surface area (Å²) < 4.78 is 68.6. The number of benzene rings is 1. The molecule has 2 unspecified atom stereocenters. The highest BCUT2D eigenvalue weighted by atomic mass is 19.4. The fourth-order valence-corrected chi connectivity index (χ4v) is 5.80. The lowest BCUT2D eigenvalue weighted by molar-refractivity contribution is -0.137. The molecule has 14 heteroatoms. The molecule has 0 radical (unpaired) electrons. The highest BCUT2D eigenvalue weighted by Crippen LogP contribution is 2.40. The van der Waals surface area contributed by atoms with Crippen LogP contribution in [0.2, 0.25) is 0 Å². The summed E-state index contributed by atoms with van der Waals surface area (Å²) in [7, 11) is 0. The number of carbonyl (C=O) groups excluding carboxylic acids is 1. The number of pyridine rings is 1. The molecule has 0 spiro atoms. The van der Waals surface area contributed by atoms with E-state index in [9.17, 15) is 18.0 Å². The minimum atomic E-state index is -4.62. The minimum Gasteiger partial charge on any atom is -0.493 e. The Labute approximate surface area is 243 Å². The van der Waals surface area contributed by atoms with Crippen molar-refractivity contribution in [1.29, 1.82) is 0 Å². The molecular formula is C29H29F4N7O3. The van der Waals surface area contributed by atoms with E-state index in [-0.39, 0.29) is 46.7 Å². The van der Waals surface area contributed by atoms with Crippen LogP contribution in [0.5, 0.6) is 5.75 Å². The predicted octanol–water partition coefficient (Wildman–Crippen LogP) is 4.76. The Kier molecular flexibility index (Phi) is 7.65. The van der Waals surface area contributed by atoms with E-state index in [1.165, 1.54) is 6.07 Å². The lowest BCUT2D eigenvalue weighted by Crippen LogP contribution is -2.50. The number of carbonyl (C=O) groups is 1. The number of nitrogens with one attached hydrogen (secondary N) is 1. The average molecular weight is 600 g/mol.